The number of carbonyl (C=O) groups is 2. The van der Waals surface area contributed by atoms with Crippen LogP contribution in [0.5, 0.6) is 11.5 Å². The van der Waals surface area contributed by atoms with Crippen LogP contribution in [0.3, 0.4) is 0 Å². The van der Waals surface area contributed by atoms with Gasteiger partial charge in [0.25, 0.3) is 5.91 Å². The van der Waals surface area contributed by atoms with Gasteiger partial charge in [0.05, 0.1) is 18.0 Å². The molecule has 0 saturated carbocycles. The van der Waals surface area contributed by atoms with Crippen LogP contribution in [0.15, 0.2) is 60.0 Å². The number of Topliss-reactive ketones (excluding diaryl/α,β-unsaturated/α-hetero) is 1. The standard InChI is InChI=1S/C21H19N3O4S/c1-13(20(26)14-3-8-18-17(11-14)23-19(25)12-28-18)29-21-22-9-10-24(21)15-4-6-16(27-2)7-5-15/h3-11,13H,12H2,1-2H3,(H,23,25). The summed E-state index contributed by atoms with van der Waals surface area (Å²) in [6, 6.07) is 12.7. The SMILES string of the molecule is COc1ccc(-n2ccnc2SC(C)C(=O)c2ccc3c(c2)NC(=O)CO3)cc1. The summed E-state index contributed by atoms with van der Waals surface area (Å²) in [5.74, 6) is 1.06. The van der Waals surface area contributed by atoms with E-state index in [1.54, 1.807) is 31.5 Å². The van der Waals surface area contributed by atoms with Gasteiger partial charge in [-0.1, -0.05) is 11.8 Å². The van der Waals surface area contributed by atoms with Crippen molar-refractivity contribution in [2.45, 2.75) is 17.3 Å². The Morgan fingerprint density at radius 3 is 2.83 bits per heavy atom. The van der Waals surface area contributed by atoms with Crippen molar-refractivity contribution >= 4 is 29.1 Å². The molecule has 0 fully saturated rings. The number of amides is 1. The van der Waals surface area contributed by atoms with Gasteiger partial charge in [-0.25, -0.2) is 4.98 Å². The van der Waals surface area contributed by atoms with Crippen LogP contribution in [0.1, 0.15) is 17.3 Å². The van der Waals surface area contributed by atoms with Crippen LogP contribution in [0, 0.1) is 0 Å². The molecule has 3 aromatic rings. The lowest BCUT2D eigenvalue weighted by molar-refractivity contribution is -0.118. The van der Waals surface area contributed by atoms with Gasteiger partial charge in [0.2, 0.25) is 0 Å². The molecule has 1 unspecified atom stereocenters. The summed E-state index contributed by atoms with van der Waals surface area (Å²) in [7, 11) is 1.62. The Bertz CT molecular complexity index is 1060. The molecular weight excluding hydrogens is 390 g/mol. The van der Waals surface area contributed by atoms with Gasteiger partial charge < -0.3 is 14.8 Å². The van der Waals surface area contributed by atoms with E-state index in [1.807, 2.05) is 42.0 Å². The van der Waals surface area contributed by atoms with Gasteiger partial charge in [-0.3, -0.25) is 14.2 Å². The Morgan fingerprint density at radius 1 is 1.28 bits per heavy atom. The Morgan fingerprint density at radius 2 is 2.07 bits per heavy atom. The predicted molar refractivity (Wildman–Crippen MR) is 110 cm³/mol. The van der Waals surface area contributed by atoms with Crippen molar-refractivity contribution in [1.82, 2.24) is 9.55 Å². The monoisotopic (exact) mass is 409 g/mol. The average Bonchev–Trinajstić information content (AvgIpc) is 3.20. The summed E-state index contributed by atoms with van der Waals surface area (Å²) in [6.45, 7) is 1.83. The second-order valence-electron chi connectivity index (χ2n) is 6.45. The van der Waals surface area contributed by atoms with Crippen LogP contribution in [0.4, 0.5) is 5.69 Å². The Balaban J connectivity index is 1.52. The summed E-state index contributed by atoms with van der Waals surface area (Å²) >= 11 is 1.37. The minimum Gasteiger partial charge on any atom is -0.497 e. The van der Waals surface area contributed by atoms with Crippen LogP contribution < -0.4 is 14.8 Å². The van der Waals surface area contributed by atoms with Crippen LogP contribution in [0.25, 0.3) is 5.69 Å². The molecule has 148 valence electrons. The zero-order valence-corrected chi connectivity index (χ0v) is 16.7. The number of ether oxygens (including phenoxy) is 2. The summed E-state index contributed by atoms with van der Waals surface area (Å²) < 4.78 is 12.5. The summed E-state index contributed by atoms with van der Waals surface area (Å²) in [6.07, 6.45) is 3.56. The lowest BCUT2D eigenvalue weighted by Gasteiger charge is -2.19. The first-order chi connectivity index (χ1) is 14.0. The van der Waals surface area contributed by atoms with Crippen LogP contribution in [-0.2, 0) is 4.79 Å². The fraction of sp³-hybridized carbons (Fsp3) is 0.190. The highest BCUT2D eigenvalue weighted by molar-refractivity contribution is 8.00. The van der Waals surface area contributed by atoms with E-state index < -0.39 is 0 Å². The van der Waals surface area contributed by atoms with Gasteiger partial charge in [0.15, 0.2) is 17.5 Å². The number of benzene rings is 2. The summed E-state index contributed by atoms with van der Waals surface area (Å²) in [4.78, 5) is 28.9. The first kappa shape index (κ1) is 19.1. The number of rotatable bonds is 6. The van der Waals surface area contributed by atoms with Gasteiger partial charge in [0.1, 0.15) is 11.5 Å². The number of fused-ring (bicyclic) bond motifs is 1. The molecule has 1 atom stereocenters. The normalized spacial score (nSPS) is 13.8. The molecule has 1 aromatic heterocycles. The number of methoxy groups -OCH3 is 1. The number of nitrogens with zero attached hydrogens (tertiary/aromatic N) is 2. The molecule has 7 nitrogen and oxygen atoms in total. The number of nitrogens with one attached hydrogen (secondary N) is 1. The fourth-order valence-electron chi connectivity index (χ4n) is 3.00. The van der Waals surface area contributed by atoms with Gasteiger partial charge >= 0.3 is 0 Å². The van der Waals surface area contributed by atoms with Crippen molar-refractivity contribution in [3.63, 3.8) is 0 Å². The zero-order chi connectivity index (χ0) is 20.4. The zero-order valence-electron chi connectivity index (χ0n) is 15.9. The topological polar surface area (TPSA) is 82.5 Å². The quantitative estimate of drug-likeness (QED) is 0.495. The maximum atomic E-state index is 12.9. The van der Waals surface area contributed by atoms with E-state index in [9.17, 15) is 9.59 Å². The van der Waals surface area contributed by atoms with E-state index >= 15 is 0 Å². The molecule has 2 heterocycles. The number of aromatic nitrogens is 2. The molecule has 1 N–H and O–H groups in total. The van der Waals surface area contributed by atoms with E-state index in [0.29, 0.717) is 22.2 Å². The summed E-state index contributed by atoms with van der Waals surface area (Å²) in [5, 5.41) is 3.08. The van der Waals surface area contributed by atoms with Crippen molar-refractivity contribution < 1.29 is 19.1 Å². The van der Waals surface area contributed by atoms with Crippen molar-refractivity contribution in [3.8, 4) is 17.2 Å². The van der Waals surface area contributed by atoms with E-state index in [4.69, 9.17) is 9.47 Å². The van der Waals surface area contributed by atoms with Crippen LogP contribution in [0.2, 0.25) is 0 Å². The van der Waals surface area contributed by atoms with Crippen molar-refractivity contribution in [2.24, 2.45) is 0 Å². The van der Waals surface area contributed by atoms with Gasteiger partial charge in [-0.2, -0.15) is 0 Å². The number of imidazole rings is 1. The highest BCUT2D eigenvalue weighted by Crippen LogP contribution is 2.31. The molecule has 29 heavy (non-hydrogen) atoms. The highest BCUT2D eigenvalue weighted by atomic mass is 32.2. The maximum absolute atomic E-state index is 12.9. The molecule has 1 amide bonds. The fourth-order valence-corrected chi connectivity index (χ4v) is 3.96. The first-order valence-corrected chi connectivity index (χ1v) is 9.88. The lowest BCUT2D eigenvalue weighted by atomic mass is 10.1. The molecule has 0 bridgehead atoms. The van der Waals surface area contributed by atoms with Crippen LogP contribution >= 0.6 is 11.8 Å². The second-order valence-corrected chi connectivity index (χ2v) is 7.76. The third kappa shape index (κ3) is 3.97. The molecular formula is C21H19N3O4S. The molecule has 0 radical (unpaired) electrons. The number of ketones is 1. The van der Waals surface area contributed by atoms with E-state index in [1.165, 1.54) is 11.8 Å². The molecule has 1 aliphatic rings. The largest absolute Gasteiger partial charge is 0.497 e. The third-order valence-electron chi connectivity index (χ3n) is 4.51. The number of thioether (sulfide) groups is 1. The average molecular weight is 409 g/mol. The molecule has 0 saturated heterocycles. The van der Waals surface area contributed by atoms with Crippen molar-refractivity contribution in [1.29, 1.82) is 0 Å². The first-order valence-electron chi connectivity index (χ1n) is 9.00. The van der Waals surface area contributed by atoms with E-state index in [-0.39, 0.29) is 23.5 Å². The van der Waals surface area contributed by atoms with Crippen molar-refractivity contribution in [3.05, 3.63) is 60.4 Å². The van der Waals surface area contributed by atoms with E-state index in [0.717, 1.165) is 11.4 Å². The molecule has 1 aliphatic heterocycles. The second kappa shape index (κ2) is 8.00. The minimum atomic E-state index is -0.368. The van der Waals surface area contributed by atoms with Gasteiger partial charge in [-0.15, -0.1) is 0 Å². The Hall–Kier alpha value is -3.26. The number of hydrogen-bond donors (Lipinski definition) is 1. The minimum absolute atomic E-state index is 0.0133. The predicted octanol–water partition coefficient (Wildman–Crippen LogP) is 3.58. The molecule has 0 spiro atoms. The van der Waals surface area contributed by atoms with Crippen LogP contribution in [-0.4, -0.2) is 40.2 Å². The Kier molecular flexibility index (Phi) is 5.26. The van der Waals surface area contributed by atoms with Crippen molar-refractivity contribution in [2.75, 3.05) is 19.0 Å². The molecule has 8 heteroatoms. The summed E-state index contributed by atoms with van der Waals surface area (Å²) in [5.41, 5.74) is 1.96. The third-order valence-corrected chi connectivity index (χ3v) is 5.59. The molecule has 4 rings (SSSR count). The van der Waals surface area contributed by atoms with Gasteiger partial charge in [0, 0.05) is 23.6 Å². The van der Waals surface area contributed by atoms with Gasteiger partial charge in [-0.05, 0) is 49.4 Å². The number of hydrogen-bond acceptors (Lipinski definition) is 6. The lowest BCUT2D eigenvalue weighted by Crippen LogP contribution is -2.25. The smallest absolute Gasteiger partial charge is 0.262 e. The maximum Gasteiger partial charge on any atom is 0.262 e. The number of carbonyl (C=O) groups excluding carboxylic acids is 2. The molecule has 2 aromatic carbocycles. The highest BCUT2D eigenvalue weighted by Gasteiger charge is 2.22. The number of anilines is 1. The Labute approximate surface area is 172 Å². The van der Waals surface area contributed by atoms with E-state index in [2.05, 4.69) is 10.3 Å². The molecule has 0 aliphatic carbocycles.